The van der Waals surface area contributed by atoms with E-state index in [0.29, 0.717) is 18.0 Å². The summed E-state index contributed by atoms with van der Waals surface area (Å²) in [5.74, 6) is -3.01. The van der Waals surface area contributed by atoms with Crippen LogP contribution in [0.2, 0.25) is 0 Å². The number of thioether (sulfide) groups is 1. The van der Waals surface area contributed by atoms with E-state index in [-0.39, 0.29) is 23.5 Å². The molecule has 0 unspecified atom stereocenters. The molecule has 4 atom stereocenters. The van der Waals surface area contributed by atoms with Crippen LogP contribution in [-0.4, -0.2) is 50.7 Å². The number of aliphatic hydroxyl groups is 1. The van der Waals surface area contributed by atoms with E-state index in [1.807, 2.05) is 16.3 Å². The Morgan fingerprint density at radius 2 is 2.33 bits per heavy atom. The van der Waals surface area contributed by atoms with E-state index < -0.39 is 30.0 Å². The van der Waals surface area contributed by atoms with Gasteiger partial charge in [-0.1, -0.05) is 6.92 Å². The number of rotatable bonds is 7. The number of aromatic nitrogens is 3. The van der Waals surface area contributed by atoms with E-state index in [1.165, 1.54) is 18.7 Å². The summed E-state index contributed by atoms with van der Waals surface area (Å²) >= 11 is 1.47. The SMILES string of the molecule is CCOC(=O)[C@@H]([C@@H]1NC(C(=O)[O-])=C(SC2Cn3cnc[n+]3C2)[C@@H]1C)[C@@H](C)O. The number of aliphatic carboxylic acids is 1. The predicted molar refractivity (Wildman–Crippen MR) is 93.7 cm³/mol. The van der Waals surface area contributed by atoms with Gasteiger partial charge in [-0.15, -0.1) is 11.8 Å². The molecule has 0 saturated heterocycles. The molecule has 0 aromatic carbocycles. The summed E-state index contributed by atoms with van der Waals surface area (Å²) in [6.45, 7) is 6.67. The summed E-state index contributed by atoms with van der Waals surface area (Å²) in [5, 5.41) is 24.9. The highest BCUT2D eigenvalue weighted by Crippen LogP contribution is 2.41. The average molecular weight is 396 g/mol. The average Bonchev–Trinajstić information content (AvgIpc) is 3.24. The third-order valence-corrected chi connectivity index (χ3v) is 6.45. The second kappa shape index (κ2) is 7.89. The summed E-state index contributed by atoms with van der Waals surface area (Å²) in [7, 11) is 0. The van der Waals surface area contributed by atoms with Crippen LogP contribution in [0.15, 0.2) is 23.3 Å². The zero-order valence-electron chi connectivity index (χ0n) is 15.5. The first-order valence-electron chi connectivity index (χ1n) is 8.96. The van der Waals surface area contributed by atoms with Crippen molar-refractivity contribution in [1.82, 2.24) is 15.0 Å². The van der Waals surface area contributed by atoms with Gasteiger partial charge in [-0.25, -0.2) is 0 Å². The summed E-state index contributed by atoms with van der Waals surface area (Å²) in [6.07, 6.45) is 2.49. The topological polar surface area (TPSA) is 120 Å². The first-order chi connectivity index (χ1) is 12.8. The van der Waals surface area contributed by atoms with Crippen molar-refractivity contribution < 1.29 is 29.2 Å². The van der Waals surface area contributed by atoms with Gasteiger partial charge < -0.3 is 25.1 Å². The number of ether oxygens (including phenoxy) is 1. The number of aliphatic hydroxyl groups excluding tert-OH is 1. The number of fused-ring (bicyclic) bond motifs is 1. The third kappa shape index (κ3) is 3.81. The minimum atomic E-state index is -1.31. The molecule has 0 radical (unpaired) electrons. The number of nitrogens with one attached hydrogen (secondary N) is 1. The normalized spacial score (nSPS) is 26.4. The molecule has 148 valence electrons. The van der Waals surface area contributed by atoms with Crippen LogP contribution >= 0.6 is 11.8 Å². The molecule has 0 bridgehead atoms. The minimum absolute atomic E-state index is 0.00726. The molecule has 1 aromatic heterocycles. The van der Waals surface area contributed by atoms with Gasteiger partial charge in [-0.3, -0.25) is 4.79 Å². The molecule has 27 heavy (non-hydrogen) atoms. The highest BCUT2D eigenvalue weighted by atomic mass is 32.2. The van der Waals surface area contributed by atoms with Gasteiger partial charge in [-0.2, -0.15) is 9.36 Å². The van der Waals surface area contributed by atoms with Gasteiger partial charge >= 0.3 is 12.3 Å². The molecule has 10 heteroatoms. The van der Waals surface area contributed by atoms with Crippen LogP contribution in [0, 0.1) is 11.8 Å². The van der Waals surface area contributed by atoms with Crippen molar-refractivity contribution in [3.8, 4) is 0 Å². The summed E-state index contributed by atoms with van der Waals surface area (Å²) in [5.41, 5.74) is -0.00726. The smallest absolute Gasteiger partial charge is 0.313 e. The molecule has 0 saturated carbocycles. The molecular formula is C17H24N4O5S. The molecule has 0 aliphatic carbocycles. The summed E-state index contributed by atoms with van der Waals surface area (Å²) < 4.78 is 9.02. The van der Waals surface area contributed by atoms with Crippen LogP contribution in [0.3, 0.4) is 0 Å². The van der Waals surface area contributed by atoms with Crippen molar-refractivity contribution in [2.45, 2.75) is 51.3 Å². The molecule has 2 aliphatic rings. The highest BCUT2D eigenvalue weighted by molar-refractivity contribution is 8.03. The van der Waals surface area contributed by atoms with Crippen molar-refractivity contribution in [2.24, 2.45) is 11.8 Å². The van der Waals surface area contributed by atoms with Gasteiger partial charge in [0.15, 0.2) is 0 Å². The van der Waals surface area contributed by atoms with E-state index in [1.54, 1.807) is 19.6 Å². The fraction of sp³-hybridized carbons (Fsp3) is 0.647. The number of esters is 1. The second-order valence-corrected chi connectivity index (χ2v) is 8.21. The molecule has 0 amide bonds. The maximum Gasteiger partial charge on any atom is 0.313 e. The largest absolute Gasteiger partial charge is 0.543 e. The van der Waals surface area contributed by atoms with Crippen LogP contribution < -0.4 is 15.1 Å². The van der Waals surface area contributed by atoms with Crippen molar-refractivity contribution in [2.75, 3.05) is 6.61 Å². The van der Waals surface area contributed by atoms with Gasteiger partial charge in [-0.05, 0) is 18.8 Å². The number of carboxylic acid groups (broad SMARTS) is 1. The molecule has 9 nitrogen and oxygen atoms in total. The van der Waals surface area contributed by atoms with Gasteiger partial charge in [0.2, 0.25) is 6.33 Å². The van der Waals surface area contributed by atoms with Crippen LogP contribution in [0.4, 0.5) is 0 Å². The van der Waals surface area contributed by atoms with Crippen LogP contribution in [-0.2, 0) is 27.4 Å². The molecular weight excluding hydrogens is 372 g/mol. The summed E-state index contributed by atoms with van der Waals surface area (Å²) in [4.78, 5) is 28.7. The van der Waals surface area contributed by atoms with E-state index in [9.17, 15) is 19.8 Å². The first kappa shape index (κ1) is 19.7. The highest BCUT2D eigenvalue weighted by Gasteiger charge is 2.44. The van der Waals surface area contributed by atoms with Gasteiger partial charge in [0, 0.05) is 16.9 Å². The zero-order valence-corrected chi connectivity index (χ0v) is 16.3. The third-order valence-electron chi connectivity index (χ3n) is 4.98. The Morgan fingerprint density at radius 1 is 1.59 bits per heavy atom. The maximum absolute atomic E-state index is 12.3. The molecule has 3 rings (SSSR count). The number of carbonyl (C=O) groups is 2. The molecule has 0 spiro atoms. The van der Waals surface area contributed by atoms with E-state index in [4.69, 9.17) is 4.74 Å². The van der Waals surface area contributed by atoms with Crippen molar-refractivity contribution >= 4 is 23.7 Å². The lowest BCUT2D eigenvalue weighted by Crippen LogP contribution is -2.47. The standard InChI is InChI=1S/C17H24N4O5S/c1-4-26-17(25)12(10(3)22)13-9(2)15(14(19-13)16(23)24)27-11-5-20-7-18-8-21(20)6-11/h7-13,19,22H,4-6H2,1-3H3/t9-,10-,12-,13-/m1/s1. The Hall–Kier alpha value is -2.07. The predicted octanol–water partition coefficient (Wildman–Crippen LogP) is -1.58. The van der Waals surface area contributed by atoms with Crippen LogP contribution in [0.5, 0.6) is 0 Å². The molecule has 0 fully saturated rings. The Morgan fingerprint density at radius 3 is 2.93 bits per heavy atom. The quantitative estimate of drug-likeness (QED) is 0.418. The number of hydrogen-bond acceptors (Lipinski definition) is 8. The first-order valence-corrected chi connectivity index (χ1v) is 9.84. The zero-order chi connectivity index (χ0) is 19.7. The van der Waals surface area contributed by atoms with E-state index >= 15 is 0 Å². The monoisotopic (exact) mass is 396 g/mol. The lowest BCUT2D eigenvalue weighted by atomic mass is 9.87. The van der Waals surface area contributed by atoms with Crippen molar-refractivity contribution in [3.05, 3.63) is 23.3 Å². The number of carbonyl (C=O) groups excluding carboxylic acids is 2. The fourth-order valence-corrected chi connectivity index (χ4v) is 5.15. The van der Waals surface area contributed by atoms with Crippen LogP contribution in [0.25, 0.3) is 0 Å². The minimum Gasteiger partial charge on any atom is -0.543 e. The van der Waals surface area contributed by atoms with Gasteiger partial charge in [0.05, 0.1) is 36.2 Å². The van der Waals surface area contributed by atoms with Gasteiger partial charge in [0.1, 0.15) is 12.5 Å². The van der Waals surface area contributed by atoms with Crippen molar-refractivity contribution in [3.63, 3.8) is 0 Å². The number of hydrogen-bond donors (Lipinski definition) is 2. The molecule has 3 heterocycles. The van der Waals surface area contributed by atoms with Gasteiger partial charge in [0.25, 0.3) is 0 Å². The maximum atomic E-state index is 12.3. The molecule has 2 N–H and O–H groups in total. The Bertz CT molecular complexity index is 742. The van der Waals surface area contributed by atoms with E-state index in [0.717, 1.165) is 0 Å². The fourth-order valence-electron chi connectivity index (χ4n) is 3.71. The summed E-state index contributed by atoms with van der Waals surface area (Å²) in [6, 6.07) is -0.575. The Labute approximate surface area is 161 Å². The number of carboxylic acids is 1. The Kier molecular flexibility index (Phi) is 5.75. The van der Waals surface area contributed by atoms with Crippen LogP contribution in [0.1, 0.15) is 20.8 Å². The lowest BCUT2D eigenvalue weighted by molar-refractivity contribution is -0.758. The second-order valence-electron chi connectivity index (χ2n) is 6.87. The van der Waals surface area contributed by atoms with E-state index in [2.05, 4.69) is 10.3 Å². The Balaban J connectivity index is 1.79. The molecule has 2 aliphatic heterocycles. The lowest BCUT2D eigenvalue weighted by Gasteiger charge is -2.29. The number of nitrogens with zero attached hydrogens (tertiary/aromatic N) is 3. The van der Waals surface area contributed by atoms with Crippen molar-refractivity contribution in [1.29, 1.82) is 0 Å². The molecule has 1 aromatic rings.